The molecule has 0 saturated carbocycles. The summed E-state index contributed by atoms with van der Waals surface area (Å²) in [4.78, 5) is 0. The molecule has 5 heteroatoms. The number of hydrogen-bond donors (Lipinski definition) is 0. The van der Waals surface area contributed by atoms with Gasteiger partial charge in [0.25, 0.3) is 0 Å². The Hall–Kier alpha value is -1.91. The first-order valence-corrected chi connectivity index (χ1v) is 14.8. The zero-order valence-electron chi connectivity index (χ0n) is 18.2. The molecule has 1 atom stereocenters. The summed E-state index contributed by atoms with van der Waals surface area (Å²) in [7, 11) is -1.86. The van der Waals surface area contributed by atoms with Crippen molar-refractivity contribution in [2.24, 2.45) is 0 Å². The van der Waals surface area contributed by atoms with E-state index < -0.39 is 15.8 Å². The van der Waals surface area contributed by atoms with Crippen LogP contribution in [-0.2, 0) is 0 Å². The summed E-state index contributed by atoms with van der Waals surface area (Å²) in [5.41, 5.74) is -0.178. The first-order valence-electron chi connectivity index (χ1n) is 10.9. The Morgan fingerprint density at radius 2 is 0.794 bits per heavy atom. The normalized spacial score (nSPS) is 16.1. The molecule has 1 aliphatic carbocycles. The maximum Gasteiger partial charge on any atom is 0.0657 e. The van der Waals surface area contributed by atoms with Crippen molar-refractivity contribution in [1.82, 2.24) is 0 Å². The van der Waals surface area contributed by atoms with Gasteiger partial charge in [0.1, 0.15) is 0 Å². The maximum absolute atomic E-state index is 7.32. The Morgan fingerprint density at radius 3 is 1.18 bits per heavy atom. The summed E-state index contributed by atoms with van der Waals surface area (Å²) in [5.74, 6) is 0. The van der Waals surface area contributed by atoms with E-state index in [1.165, 1.54) is 21.2 Å². The van der Waals surface area contributed by atoms with E-state index in [0.29, 0.717) is 10.1 Å². The Kier molecular flexibility index (Phi) is 7.55. The van der Waals surface area contributed by atoms with Crippen molar-refractivity contribution in [3.63, 3.8) is 0 Å². The van der Waals surface area contributed by atoms with Crippen LogP contribution in [0.15, 0.2) is 142 Å². The lowest BCUT2D eigenvalue weighted by Gasteiger charge is -2.27. The molecule has 0 saturated heterocycles. The molecule has 0 aliphatic heterocycles. The predicted molar refractivity (Wildman–Crippen MR) is 154 cm³/mol. The Morgan fingerprint density at radius 1 is 0.441 bits per heavy atom. The summed E-state index contributed by atoms with van der Waals surface area (Å²) in [6.07, 6.45) is 0. The van der Waals surface area contributed by atoms with Gasteiger partial charge in [0.15, 0.2) is 0 Å². The summed E-state index contributed by atoms with van der Waals surface area (Å²) in [6.45, 7) is 0. The molecule has 168 valence electrons. The standard InChI is InChI=1S/C29H21Cl3P2/c30-25-26(31)29(34(23-17-9-3-10-18-23)24-19-11-4-12-20-24)27(32)28(25)33(21-13-5-1-6-14-21)22-15-7-2-8-16-22/h1-20,28H. The molecule has 0 heterocycles. The highest BCUT2D eigenvalue weighted by Gasteiger charge is 2.41. The molecule has 0 N–H and O–H groups in total. The lowest BCUT2D eigenvalue weighted by Crippen LogP contribution is -2.21. The van der Waals surface area contributed by atoms with Gasteiger partial charge >= 0.3 is 0 Å². The number of allylic oxidation sites excluding steroid dienone is 4. The lowest BCUT2D eigenvalue weighted by molar-refractivity contribution is 1.37. The number of rotatable bonds is 6. The van der Waals surface area contributed by atoms with Gasteiger partial charge in [-0.05, 0) is 37.1 Å². The van der Waals surface area contributed by atoms with E-state index in [2.05, 4.69) is 97.1 Å². The topological polar surface area (TPSA) is 0 Å². The second-order valence-corrected chi connectivity index (χ2v) is 13.4. The van der Waals surface area contributed by atoms with E-state index >= 15 is 0 Å². The van der Waals surface area contributed by atoms with Crippen molar-refractivity contribution in [3.8, 4) is 0 Å². The average Bonchev–Trinajstić information content (AvgIpc) is 3.11. The van der Waals surface area contributed by atoms with Gasteiger partial charge in [0.05, 0.1) is 15.7 Å². The van der Waals surface area contributed by atoms with Crippen molar-refractivity contribution in [3.05, 3.63) is 142 Å². The predicted octanol–water partition coefficient (Wildman–Crippen LogP) is 7.77. The first kappa shape index (κ1) is 23.8. The fourth-order valence-corrected chi connectivity index (χ4v) is 11.3. The van der Waals surface area contributed by atoms with Gasteiger partial charge in [-0.2, -0.15) is 0 Å². The van der Waals surface area contributed by atoms with Crippen LogP contribution in [0.3, 0.4) is 0 Å². The molecule has 0 aromatic heterocycles. The van der Waals surface area contributed by atoms with Crippen LogP contribution in [0.2, 0.25) is 0 Å². The highest BCUT2D eigenvalue weighted by molar-refractivity contribution is 7.78. The zero-order chi connectivity index (χ0) is 23.5. The number of halogens is 3. The second-order valence-electron chi connectivity index (χ2n) is 7.81. The SMILES string of the molecule is ClC1=C(Cl)C(P(c2ccccc2)c2ccccc2)C(Cl)=C1P(c1ccccc1)c1ccccc1. The van der Waals surface area contributed by atoms with Crippen LogP contribution in [0, 0.1) is 0 Å². The quantitative estimate of drug-likeness (QED) is 0.220. The van der Waals surface area contributed by atoms with Crippen molar-refractivity contribution >= 4 is 71.9 Å². The van der Waals surface area contributed by atoms with Gasteiger partial charge in [-0.1, -0.05) is 156 Å². The maximum atomic E-state index is 7.32. The monoisotopic (exact) mass is 536 g/mol. The number of benzene rings is 4. The van der Waals surface area contributed by atoms with E-state index in [-0.39, 0.29) is 5.66 Å². The van der Waals surface area contributed by atoms with Crippen LogP contribution in [0.25, 0.3) is 0 Å². The molecule has 1 unspecified atom stereocenters. The van der Waals surface area contributed by atoms with Crippen LogP contribution >= 0.6 is 50.6 Å². The van der Waals surface area contributed by atoms with Crippen LogP contribution in [0.5, 0.6) is 0 Å². The summed E-state index contributed by atoms with van der Waals surface area (Å²) in [6, 6.07) is 41.9. The molecular formula is C29H21Cl3P2. The fraction of sp³-hybridized carbons (Fsp3) is 0.0345. The Bertz CT molecular complexity index is 1240. The van der Waals surface area contributed by atoms with Crippen LogP contribution in [-0.4, -0.2) is 5.66 Å². The van der Waals surface area contributed by atoms with E-state index in [4.69, 9.17) is 34.8 Å². The smallest absolute Gasteiger partial charge is 0.0657 e. The third kappa shape index (κ3) is 4.64. The molecular weight excluding hydrogens is 517 g/mol. The fourth-order valence-electron chi connectivity index (χ4n) is 4.20. The van der Waals surface area contributed by atoms with Gasteiger partial charge in [-0.15, -0.1) is 0 Å². The molecule has 5 rings (SSSR count). The summed E-state index contributed by atoms with van der Waals surface area (Å²) in [5, 5.41) is 7.79. The number of hydrogen-bond acceptors (Lipinski definition) is 0. The van der Waals surface area contributed by atoms with Gasteiger partial charge in [-0.3, -0.25) is 0 Å². The summed E-state index contributed by atoms with van der Waals surface area (Å²) >= 11 is 21.5. The minimum absolute atomic E-state index is 0.178. The zero-order valence-corrected chi connectivity index (χ0v) is 22.2. The molecule has 4 aromatic rings. The second kappa shape index (κ2) is 10.8. The highest BCUT2D eigenvalue weighted by atomic mass is 35.5. The third-order valence-corrected chi connectivity index (χ3v) is 12.9. The first-order chi connectivity index (χ1) is 16.7. The van der Waals surface area contributed by atoms with E-state index in [1.54, 1.807) is 0 Å². The largest absolute Gasteiger partial charge is 0.0872 e. The average molecular weight is 538 g/mol. The van der Waals surface area contributed by atoms with E-state index in [9.17, 15) is 0 Å². The molecule has 0 amide bonds. The van der Waals surface area contributed by atoms with Crippen molar-refractivity contribution < 1.29 is 0 Å². The van der Waals surface area contributed by atoms with Crippen molar-refractivity contribution in [2.45, 2.75) is 5.66 Å². The lowest BCUT2D eigenvalue weighted by atomic mass is 10.4. The minimum atomic E-state index is -0.963. The molecule has 0 spiro atoms. The third-order valence-electron chi connectivity index (χ3n) is 5.70. The van der Waals surface area contributed by atoms with Crippen molar-refractivity contribution in [1.29, 1.82) is 0 Å². The minimum Gasteiger partial charge on any atom is -0.0872 e. The van der Waals surface area contributed by atoms with Gasteiger partial charge in [-0.25, -0.2) is 0 Å². The Labute approximate surface area is 218 Å². The van der Waals surface area contributed by atoms with Gasteiger partial charge in [0, 0.05) is 10.3 Å². The van der Waals surface area contributed by atoms with Crippen LogP contribution < -0.4 is 21.2 Å². The highest BCUT2D eigenvalue weighted by Crippen LogP contribution is 2.62. The van der Waals surface area contributed by atoms with Crippen LogP contribution in [0.1, 0.15) is 0 Å². The molecule has 0 bridgehead atoms. The van der Waals surface area contributed by atoms with Gasteiger partial charge < -0.3 is 0 Å². The summed E-state index contributed by atoms with van der Waals surface area (Å²) < 4.78 is 0. The van der Waals surface area contributed by atoms with Crippen LogP contribution in [0.4, 0.5) is 0 Å². The molecule has 4 aromatic carbocycles. The van der Waals surface area contributed by atoms with Gasteiger partial charge in [0.2, 0.25) is 0 Å². The van der Waals surface area contributed by atoms with E-state index in [0.717, 1.165) is 10.3 Å². The molecule has 0 radical (unpaired) electrons. The molecule has 0 nitrogen and oxygen atoms in total. The molecule has 0 fully saturated rings. The molecule has 34 heavy (non-hydrogen) atoms. The van der Waals surface area contributed by atoms with E-state index in [1.807, 2.05) is 24.3 Å². The molecule has 1 aliphatic rings. The Balaban J connectivity index is 1.71. The van der Waals surface area contributed by atoms with Crippen molar-refractivity contribution in [2.75, 3.05) is 0 Å².